The van der Waals surface area contributed by atoms with Crippen LogP contribution >= 0.6 is 0 Å². The molecular formula is C40H64O12. The van der Waals surface area contributed by atoms with Crippen molar-refractivity contribution in [3.8, 4) is 0 Å². The van der Waals surface area contributed by atoms with Crippen LogP contribution in [0.3, 0.4) is 0 Å². The molecule has 4 aliphatic carbocycles. The highest BCUT2D eigenvalue weighted by molar-refractivity contribution is 5.66. The van der Waals surface area contributed by atoms with E-state index in [0.29, 0.717) is 32.1 Å². The molecule has 296 valence electrons. The molecule has 0 unspecified atom stereocenters. The van der Waals surface area contributed by atoms with Gasteiger partial charge < -0.3 is 49.6 Å². The van der Waals surface area contributed by atoms with E-state index in [9.17, 15) is 40.2 Å². The molecule has 5 aliphatic rings. The third-order valence-electron chi connectivity index (χ3n) is 14.2. The molecule has 0 aromatic carbocycles. The molecule has 3 saturated carbocycles. The summed E-state index contributed by atoms with van der Waals surface area (Å²) < 4.78 is 23.1. The number of carbonyl (C=O) groups excluding carboxylic acids is 2. The summed E-state index contributed by atoms with van der Waals surface area (Å²) in [5.41, 5.74) is -0.338. The molecule has 0 aromatic rings. The molecule has 5 rings (SSSR count). The minimum absolute atomic E-state index is 0.0000435. The third kappa shape index (κ3) is 7.40. The summed E-state index contributed by atoms with van der Waals surface area (Å²) in [6.45, 7) is 15.1. The summed E-state index contributed by atoms with van der Waals surface area (Å²) in [5, 5.41) is 64.2. The van der Waals surface area contributed by atoms with Crippen LogP contribution in [0.2, 0.25) is 0 Å². The maximum Gasteiger partial charge on any atom is 0.302 e. The third-order valence-corrected chi connectivity index (χ3v) is 14.2. The van der Waals surface area contributed by atoms with Crippen LogP contribution in [-0.4, -0.2) is 110 Å². The number of aliphatic hydroxyl groups is 6. The zero-order valence-corrected chi connectivity index (χ0v) is 32.3. The topological polar surface area (TPSA) is 192 Å². The summed E-state index contributed by atoms with van der Waals surface area (Å²) in [4.78, 5) is 24.7. The summed E-state index contributed by atoms with van der Waals surface area (Å²) in [6, 6.07) is 0. The Morgan fingerprint density at radius 2 is 1.67 bits per heavy atom. The molecule has 0 aromatic heterocycles. The first kappa shape index (κ1) is 41.3. The standard InChI is InChI=1S/C40H64O12/c1-21(20-49-36-34(47)33(46)32(45)29(19-41)52-36)10-9-11-22(2)31-27(44)18-39(8)26-16-28(50-23(3)42)35-37(5,6)30(51-24(4)43)13-15-40(35,48)17-25(26)12-14-38(31,39)7/h10,12,22,26-36,41,44-48H,9,11,13-20H2,1-8H3/b21-10+/t22-,26-,27+,28+,29-,30+,31+,32-,33+,34-,35+,36-,38-,39+,40-/m1/s1. The van der Waals surface area contributed by atoms with Gasteiger partial charge in [0.15, 0.2) is 6.29 Å². The Bertz CT molecular complexity index is 1380. The predicted octanol–water partition coefficient (Wildman–Crippen LogP) is 3.33. The fraction of sp³-hybridized carbons (Fsp3) is 0.850. The van der Waals surface area contributed by atoms with Crippen molar-refractivity contribution in [2.75, 3.05) is 13.2 Å². The Balaban J connectivity index is 1.31. The number of ether oxygens (including phenoxy) is 4. The fourth-order valence-electron chi connectivity index (χ4n) is 11.6. The molecule has 6 N–H and O–H groups in total. The first-order valence-electron chi connectivity index (χ1n) is 19.2. The Morgan fingerprint density at radius 3 is 2.31 bits per heavy atom. The van der Waals surface area contributed by atoms with Gasteiger partial charge in [0.2, 0.25) is 0 Å². The number of allylic oxidation sites excluding steroid dienone is 2. The number of aliphatic hydroxyl groups excluding tert-OH is 5. The van der Waals surface area contributed by atoms with Crippen LogP contribution in [0.1, 0.15) is 107 Å². The lowest BCUT2D eigenvalue weighted by atomic mass is 9.50. The number of rotatable bonds is 10. The summed E-state index contributed by atoms with van der Waals surface area (Å²) in [7, 11) is 0. The number of hydrogen-bond donors (Lipinski definition) is 6. The molecule has 0 spiro atoms. The van der Waals surface area contributed by atoms with E-state index >= 15 is 0 Å². The normalized spacial score (nSPS) is 45.1. The Morgan fingerprint density at radius 1 is 1.00 bits per heavy atom. The van der Waals surface area contributed by atoms with Crippen molar-refractivity contribution in [1.82, 2.24) is 0 Å². The number of esters is 2. The van der Waals surface area contributed by atoms with E-state index in [4.69, 9.17) is 18.9 Å². The zero-order chi connectivity index (χ0) is 38.6. The second-order valence-corrected chi connectivity index (χ2v) is 17.9. The summed E-state index contributed by atoms with van der Waals surface area (Å²) in [5.74, 6) is -1.09. The predicted molar refractivity (Wildman–Crippen MR) is 190 cm³/mol. The quantitative estimate of drug-likeness (QED) is 0.142. The van der Waals surface area contributed by atoms with Gasteiger partial charge in [-0.05, 0) is 86.9 Å². The van der Waals surface area contributed by atoms with Gasteiger partial charge in [-0.1, -0.05) is 57.9 Å². The van der Waals surface area contributed by atoms with Gasteiger partial charge in [-0.3, -0.25) is 9.59 Å². The fourth-order valence-corrected chi connectivity index (χ4v) is 11.6. The SMILES string of the molecule is CC(=O)O[C@H]1C[C@@H]2C(=CC[C@]3(C)[C@@H]([C@H](C)CC/C=C(\C)CO[C@@H]4O[C@H](CO)[C@@H](O)[C@H](O)[C@H]4O)[C@@H](O)C[C@@]23C)C[C@]2(O)CC[C@H](OC(C)=O)C(C)(C)[C@H]12. The first-order chi connectivity index (χ1) is 24.2. The Labute approximate surface area is 308 Å². The van der Waals surface area contributed by atoms with Crippen LogP contribution < -0.4 is 0 Å². The molecule has 12 heteroatoms. The van der Waals surface area contributed by atoms with Crippen LogP contribution in [0, 0.1) is 39.9 Å². The van der Waals surface area contributed by atoms with Crippen molar-refractivity contribution < 1.29 is 59.2 Å². The van der Waals surface area contributed by atoms with E-state index in [1.807, 2.05) is 20.8 Å². The van der Waals surface area contributed by atoms with Crippen molar-refractivity contribution >= 4 is 11.9 Å². The highest BCUT2D eigenvalue weighted by Gasteiger charge is 2.67. The van der Waals surface area contributed by atoms with Gasteiger partial charge in [0.25, 0.3) is 0 Å². The second kappa shape index (κ2) is 15.3. The van der Waals surface area contributed by atoms with E-state index in [-0.39, 0.29) is 41.2 Å². The number of hydrogen-bond acceptors (Lipinski definition) is 12. The van der Waals surface area contributed by atoms with Crippen LogP contribution in [-0.2, 0) is 28.5 Å². The van der Waals surface area contributed by atoms with E-state index in [0.717, 1.165) is 24.8 Å². The molecule has 4 fully saturated rings. The lowest BCUT2D eigenvalue weighted by molar-refractivity contribution is -0.299. The van der Waals surface area contributed by atoms with Gasteiger partial charge >= 0.3 is 11.9 Å². The maximum absolute atomic E-state index is 12.6. The minimum atomic E-state index is -1.50. The van der Waals surface area contributed by atoms with Gasteiger partial charge in [0, 0.05) is 25.2 Å². The average molecular weight is 737 g/mol. The molecule has 12 nitrogen and oxygen atoms in total. The molecule has 15 atom stereocenters. The average Bonchev–Trinajstić information content (AvgIpc) is 3.16. The lowest BCUT2D eigenvalue weighted by Gasteiger charge is -2.54. The van der Waals surface area contributed by atoms with E-state index in [2.05, 4.69) is 32.9 Å². The van der Waals surface area contributed by atoms with Gasteiger partial charge in [-0.2, -0.15) is 0 Å². The molecular weight excluding hydrogens is 672 g/mol. The van der Waals surface area contributed by atoms with E-state index in [1.54, 1.807) is 0 Å². The van der Waals surface area contributed by atoms with E-state index in [1.165, 1.54) is 19.4 Å². The molecule has 1 saturated heterocycles. The highest BCUT2D eigenvalue weighted by atomic mass is 16.7. The van der Waals surface area contributed by atoms with Crippen LogP contribution in [0.25, 0.3) is 0 Å². The molecule has 1 aliphatic heterocycles. The maximum atomic E-state index is 12.6. The van der Waals surface area contributed by atoms with Gasteiger partial charge in [0.1, 0.15) is 36.6 Å². The van der Waals surface area contributed by atoms with Crippen molar-refractivity contribution in [2.24, 2.45) is 39.9 Å². The van der Waals surface area contributed by atoms with Crippen molar-refractivity contribution in [1.29, 1.82) is 0 Å². The molecule has 0 radical (unpaired) electrons. The first-order valence-corrected chi connectivity index (χ1v) is 19.2. The number of carbonyl (C=O) groups is 2. The van der Waals surface area contributed by atoms with Crippen LogP contribution in [0.5, 0.6) is 0 Å². The molecule has 1 heterocycles. The molecule has 52 heavy (non-hydrogen) atoms. The van der Waals surface area contributed by atoms with Gasteiger partial charge in [-0.15, -0.1) is 0 Å². The largest absolute Gasteiger partial charge is 0.462 e. The Kier molecular flexibility index (Phi) is 12.2. The van der Waals surface area contributed by atoms with Crippen molar-refractivity contribution in [3.05, 3.63) is 23.3 Å². The van der Waals surface area contributed by atoms with Crippen molar-refractivity contribution in [2.45, 2.75) is 161 Å². The zero-order valence-electron chi connectivity index (χ0n) is 32.3. The van der Waals surface area contributed by atoms with Crippen LogP contribution in [0.15, 0.2) is 23.3 Å². The molecule has 0 amide bonds. The van der Waals surface area contributed by atoms with E-state index < -0.39 is 78.5 Å². The monoisotopic (exact) mass is 736 g/mol. The highest BCUT2D eigenvalue weighted by Crippen LogP contribution is 2.70. The number of fused-ring (bicyclic) bond motifs is 4. The van der Waals surface area contributed by atoms with Crippen LogP contribution in [0.4, 0.5) is 0 Å². The minimum Gasteiger partial charge on any atom is -0.462 e. The summed E-state index contributed by atoms with van der Waals surface area (Å²) in [6.07, 6.45) is 1.00. The summed E-state index contributed by atoms with van der Waals surface area (Å²) >= 11 is 0. The van der Waals surface area contributed by atoms with Gasteiger partial charge in [0.05, 0.1) is 24.9 Å². The molecule has 0 bridgehead atoms. The van der Waals surface area contributed by atoms with Crippen molar-refractivity contribution in [3.63, 3.8) is 0 Å². The Hall–Kier alpha value is -1.90. The second-order valence-electron chi connectivity index (χ2n) is 17.9. The van der Waals surface area contributed by atoms with Gasteiger partial charge in [-0.25, -0.2) is 0 Å². The smallest absolute Gasteiger partial charge is 0.302 e. The lowest BCUT2D eigenvalue weighted by Crippen LogP contribution is -2.60.